The Bertz CT molecular complexity index is 1230. The molecule has 0 radical (unpaired) electrons. The largest absolute Gasteiger partial charge is 0.459 e. The third-order valence-electron chi connectivity index (χ3n) is 5.10. The first kappa shape index (κ1) is 17.2. The van der Waals surface area contributed by atoms with Crippen LogP contribution in [0.25, 0.3) is 22.4 Å². The quantitative estimate of drug-likeness (QED) is 0.537. The van der Waals surface area contributed by atoms with Crippen LogP contribution in [0.2, 0.25) is 0 Å². The molecule has 1 atom stereocenters. The molecule has 1 saturated heterocycles. The van der Waals surface area contributed by atoms with Gasteiger partial charge in [-0.25, -0.2) is 4.79 Å². The Morgan fingerprint density at radius 2 is 1.86 bits per heavy atom. The molecule has 3 amide bonds. The number of benzene rings is 2. The van der Waals surface area contributed by atoms with Gasteiger partial charge in [0.2, 0.25) is 5.89 Å². The zero-order chi connectivity index (χ0) is 20.0. The monoisotopic (exact) mass is 388 g/mol. The fourth-order valence-electron chi connectivity index (χ4n) is 3.64. The first-order chi connectivity index (χ1) is 14.1. The van der Waals surface area contributed by atoms with Crippen LogP contribution in [0.5, 0.6) is 0 Å². The molecular formula is C21H16N4O4. The van der Waals surface area contributed by atoms with Gasteiger partial charge in [-0.3, -0.25) is 9.69 Å². The number of furan rings is 1. The molecular weight excluding hydrogens is 372 g/mol. The Morgan fingerprint density at radius 3 is 2.69 bits per heavy atom. The van der Waals surface area contributed by atoms with Crippen LogP contribution in [0.15, 0.2) is 69.7 Å². The summed E-state index contributed by atoms with van der Waals surface area (Å²) < 4.78 is 10.8. The summed E-state index contributed by atoms with van der Waals surface area (Å²) in [4.78, 5) is 27.0. The number of hydrogen-bond donors (Lipinski definition) is 1. The van der Waals surface area contributed by atoms with Crippen LogP contribution in [0, 0.1) is 0 Å². The Balaban J connectivity index is 1.47. The molecule has 2 aromatic carbocycles. The molecule has 4 aromatic rings. The average molecular weight is 388 g/mol. The molecule has 5 rings (SSSR count). The second kappa shape index (κ2) is 6.30. The Kier molecular flexibility index (Phi) is 3.73. The summed E-state index contributed by atoms with van der Waals surface area (Å²) in [6.07, 6.45) is 1.49. The third-order valence-corrected chi connectivity index (χ3v) is 5.10. The number of amides is 3. The summed E-state index contributed by atoms with van der Waals surface area (Å²) in [5.41, 5.74) is -0.458. The lowest BCUT2D eigenvalue weighted by molar-refractivity contribution is -0.131. The van der Waals surface area contributed by atoms with Crippen molar-refractivity contribution in [1.29, 1.82) is 0 Å². The summed E-state index contributed by atoms with van der Waals surface area (Å²) in [6, 6.07) is 16.3. The highest BCUT2D eigenvalue weighted by Crippen LogP contribution is 2.34. The molecule has 1 aliphatic heterocycles. The highest BCUT2D eigenvalue weighted by molar-refractivity contribution is 6.09. The Labute approximate surface area is 165 Å². The van der Waals surface area contributed by atoms with Crippen molar-refractivity contribution in [2.75, 3.05) is 0 Å². The summed E-state index contributed by atoms with van der Waals surface area (Å²) in [7, 11) is 0. The Hall–Kier alpha value is -3.94. The van der Waals surface area contributed by atoms with Gasteiger partial charge >= 0.3 is 6.03 Å². The smallest absolute Gasteiger partial charge is 0.325 e. The molecule has 0 spiro atoms. The predicted octanol–water partition coefficient (Wildman–Crippen LogP) is 3.45. The van der Waals surface area contributed by atoms with Crippen molar-refractivity contribution in [3.05, 3.63) is 72.3 Å². The minimum Gasteiger partial charge on any atom is -0.459 e. The minimum absolute atomic E-state index is 0.126. The van der Waals surface area contributed by atoms with Gasteiger partial charge in [0.15, 0.2) is 5.76 Å². The zero-order valence-corrected chi connectivity index (χ0v) is 15.5. The van der Waals surface area contributed by atoms with Gasteiger partial charge in [0.05, 0.1) is 6.26 Å². The van der Waals surface area contributed by atoms with E-state index in [1.807, 2.05) is 42.5 Å². The van der Waals surface area contributed by atoms with E-state index in [4.69, 9.17) is 8.83 Å². The van der Waals surface area contributed by atoms with Crippen molar-refractivity contribution in [3.63, 3.8) is 0 Å². The normalized spacial score (nSPS) is 19.1. The van der Waals surface area contributed by atoms with E-state index in [0.717, 1.165) is 21.2 Å². The first-order valence-corrected chi connectivity index (χ1v) is 9.05. The van der Waals surface area contributed by atoms with Crippen molar-refractivity contribution >= 4 is 22.7 Å². The minimum atomic E-state index is -1.19. The zero-order valence-electron chi connectivity index (χ0n) is 15.5. The number of hydrogen-bond acceptors (Lipinski definition) is 6. The molecule has 29 heavy (non-hydrogen) atoms. The number of fused-ring (bicyclic) bond motifs is 1. The molecule has 0 saturated carbocycles. The summed E-state index contributed by atoms with van der Waals surface area (Å²) in [5.74, 6) is 0.370. The van der Waals surface area contributed by atoms with Gasteiger partial charge < -0.3 is 14.2 Å². The molecule has 0 aliphatic carbocycles. The fraction of sp³-hybridized carbons (Fsp3) is 0.143. The number of urea groups is 1. The van der Waals surface area contributed by atoms with E-state index >= 15 is 0 Å². The van der Waals surface area contributed by atoms with E-state index in [0.29, 0.717) is 5.76 Å². The molecule has 144 valence electrons. The number of nitrogens with zero attached hydrogens (tertiary/aromatic N) is 3. The second-order valence-electron chi connectivity index (χ2n) is 6.95. The van der Waals surface area contributed by atoms with Crippen LogP contribution in [0.3, 0.4) is 0 Å². The van der Waals surface area contributed by atoms with Crippen molar-refractivity contribution in [1.82, 2.24) is 20.4 Å². The van der Waals surface area contributed by atoms with E-state index in [1.54, 1.807) is 19.1 Å². The standard InChI is InChI=1S/C21H16N4O4/c1-21(15-9-4-7-13-6-2-3-8-14(13)15)19(26)25(20(27)22-21)12-17-23-24-18(29-17)16-10-5-11-28-16/h2-11H,12H2,1H3,(H,22,27)/t21-/m1/s1. The van der Waals surface area contributed by atoms with E-state index in [1.165, 1.54) is 6.26 Å². The number of carbonyl (C=O) groups is 2. The topological polar surface area (TPSA) is 101 Å². The number of aromatic nitrogens is 2. The number of imide groups is 1. The lowest BCUT2D eigenvalue weighted by Crippen LogP contribution is -2.41. The molecule has 2 aromatic heterocycles. The molecule has 3 heterocycles. The van der Waals surface area contributed by atoms with Gasteiger partial charge in [-0.15, -0.1) is 10.2 Å². The third kappa shape index (κ3) is 2.68. The van der Waals surface area contributed by atoms with Gasteiger partial charge in [-0.2, -0.15) is 0 Å². The maximum Gasteiger partial charge on any atom is 0.325 e. The van der Waals surface area contributed by atoms with Gasteiger partial charge in [0, 0.05) is 0 Å². The number of rotatable bonds is 4. The van der Waals surface area contributed by atoms with Crippen molar-refractivity contribution in [3.8, 4) is 11.7 Å². The summed E-state index contributed by atoms with van der Waals surface area (Å²) in [6.45, 7) is 1.58. The molecule has 8 heteroatoms. The lowest BCUT2D eigenvalue weighted by atomic mass is 9.88. The predicted molar refractivity (Wildman–Crippen MR) is 102 cm³/mol. The van der Waals surface area contributed by atoms with E-state index in [9.17, 15) is 9.59 Å². The van der Waals surface area contributed by atoms with Crippen molar-refractivity contribution in [2.45, 2.75) is 19.0 Å². The van der Waals surface area contributed by atoms with Crippen molar-refractivity contribution in [2.24, 2.45) is 0 Å². The fourth-order valence-corrected chi connectivity index (χ4v) is 3.64. The molecule has 0 unspecified atom stereocenters. The highest BCUT2D eigenvalue weighted by Gasteiger charge is 2.50. The van der Waals surface area contributed by atoms with Crippen LogP contribution in [0.4, 0.5) is 4.79 Å². The maximum absolute atomic E-state index is 13.3. The number of nitrogens with one attached hydrogen (secondary N) is 1. The van der Waals surface area contributed by atoms with Crippen LogP contribution in [-0.2, 0) is 16.9 Å². The van der Waals surface area contributed by atoms with Crippen LogP contribution in [-0.4, -0.2) is 27.0 Å². The molecule has 1 fully saturated rings. The molecule has 0 bridgehead atoms. The van der Waals surface area contributed by atoms with E-state index in [2.05, 4.69) is 15.5 Å². The first-order valence-electron chi connectivity index (χ1n) is 9.05. The van der Waals surface area contributed by atoms with Crippen LogP contribution < -0.4 is 5.32 Å². The highest BCUT2D eigenvalue weighted by atomic mass is 16.4. The van der Waals surface area contributed by atoms with Gasteiger partial charge in [-0.05, 0) is 35.4 Å². The average Bonchev–Trinajstić information content (AvgIpc) is 3.46. The van der Waals surface area contributed by atoms with Crippen molar-refractivity contribution < 1.29 is 18.4 Å². The summed E-state index contributed by atoms with van der Waals surface area (Å²) in [5, 5.41) is 12.6. The molecule has 8 nitrogen and oxygen atoms in total. The van der Waals surface area contributed by atoms with Crippen LogP contribution >= 0.6 is 0 Å². The molecule has 1 N–H and O–H groups in total. The lowest BCUT2D eigenvalue weighted by Gasteiger charge is -2.23. The van der Waals surface area contributed by atoms with Gasteiger partial charge in [0.1, 0.15) is 12.1 Å². The van der Waals surface area contributed by atoms with Gasteiger partial charge in [0.25, 0.3) is 11.8 Å². The number of carbonyl (C=O) groups excluding carboxylic acids is 2. The molecule has 1 aliphatic rings. The summed E-state index contributed by atoms with van der Waals surface area (Å²) >= 11 is 0. The van der Waals surface area contributed by atoms with E-state index in [-0.39, 0.29) is 24.2 Å². The SMILES string of the molecule is C[C@]1(c2cccc3ccccc23)NC(=O)N(Cc2nnc(-c3ccco3)o2)C1=O. The Morgan fingerprint density at radius 1 is 1.03 bits per heavy atom. The van der Waals surface area contributed by atoms with E-state index < -0.39 is 11.6 Å². The van der Waals surface area contributed by atoms with Crippen LogP contribution in [0.1, 0.15) is 18.4 Å². The van der Waals surface area contributed by atoms with Gasteiger partial charge in [-0.1, -0.05) is 42.5 Å². The second-order valence-corrected chi connectivity index (χ2v) is 6.95. The maximum atomic E-state index is 13.3.